The standard InChI is InChI=1S/C11H10N4O3/c1-6-2-9(8(4-13-6)11(17)18)15-5-7(3-14-15)10(12)16/h2-5H,1H3,(H2,12,16)(H,17,18). The third kappa shape index (κ3) is 2.05. The molecule has 7 heteroatoms. The van der Waals surface area contributed by atoms with Crippen molar-refractivity contribution in [3.63, 3.8) is 0 Å². The van der Waals surface area contributed by atoms with Crippen molar-refractivity contribution in [1.82, 2.24) is 14.8 Å². The van der Waals surface area contributed by atoms with Crippen molar-refractivity contribution in [1.29, 1.82) is 0 Å². The minimum Gasteiger partial charge on any atom is -0.478 e. The zero-order chi connectivity index (χ0) is 13.3. The topological polar surface area (TPSA) is 111 Å². The van der Waals surface area contributed by atoms with Gasteiger partial charge >= 0.3 is 5.97 Å². The Bertz CT molecular complexity index is 633. The van der Waals surface area contributed by atoms with E-state index in [1.807, 2.05) is 0 Å². The van der Waals surface area contributed by atoms with Crippen LogP contribution in [0.4, 0.5) is 0 Å². The summed E-state index contributed by atoms with van der Waals surface area (Å²) < 4.78 is 1.29. The van der Waals surface area contributed by atoms with Gasteiger partial charge in [-0.05, 0) is 13.0 Å². The maximum Gasteiger partial charge on any atom is 0.339 e. The van der Waals surface area contributed by atoms with E-state index >= 15 is 0 Å². The van der Waals surface area contributed by atoms with Crippen molar-refractivity contribution in [3.05, 3.63) is 41.5 Å². The highest BCUT2D eigenvalue weighted by Crippen LogP contribution is 2.15. The Morgan fingerprint density at radius 1 is 1.39 bits per heavy atom. The molecule has 0 aliphatic carbocycles. The second-order valence-electron chi connectivity index (χ2n) is 3.69. The molecule has 0 saturated carbocycles. The molecule has 7 nitrogen and oxygen atoms in total. The van der Waals surface area contributed by atoms with Gasteiger partial charge in [0, 0.05) is 18.1 Å². The van der Waals surface area contributed by atoms with Gasteiger partial charge in [0.1, 0.15) is 5.56 Å². The number of carboxylic acids is 1. The molecule has 2 rings (SSSR count). The van der Waals surface area contributed by atoms with Crippen LogP contribution >= 0.6 is 0 Å². The molecule has 1 amide bonds. The second kappa shape index (κ2) is 4.28. The predicted molar refractivity (Wildman–Crippen MR) is 61.6 cm³/mol. The Labute approximate surface area is 102 Å². The zero-order valence-electron chi connectivity index (χ0n) is 9.49. The number of nitrogens with two attached hydrogens (primary N) is 1. The normalized spacial score (nSPS) is 10.3. The molecule has 0 aromatic carbocycles. The van der Waals surface area contributed by atoms with Crippen LogP contribution < -0.4 is 5.73 Å². The summed E-state index contributed by atoms with van der Waals surface area (Å²) in [4.78, 5) is 26.0. The highest BCUT2D eigenvalue weighted by molar-refractivity contribution is 5.93. The fourth-order valence-corrected chi connectivity index (χ4v) is 1.48. The molecular weight excluding hydrogens is 236 g/mol. The van der Waals surface area contributed by atoms with E-state index in [0.29, 0.717) is 11.4 Å². The molecule has 0 aliphatic rings. The molecule has 0 bridgehead atoms. The fourth-order valence-electron chi connectivity index (χ4n) is 1.48. The van der Waals surface area contributed by atoms with Crippen molar-refractivity contribution in [2.45, 2.75) is 6.92 Å². The van der Waals surface area contributed by atoms with Crippen LogP contribution in [0.1, 0.15) is 26.4 Å². The highest BCUT2D eigenvalue weighted by atomic mass is 16.4. The number of primary amides is 1. The van der Waals surface area contributed by atoms with E-state index in [4.69, 9.17) is 10.8 Å². The van der Waals surface area contributed by atoms with Gasteiger partial charge in [-0.3, -0.25) is 9.78 Å². The largest absolute Gasteiger partial charge is 0.478 e. The van der Waals surface area contributed by atoms with Crippen LogP contribution in [-0.4, -0.2) is 31.7 Å². The van der Waals surface area contributed by atoms with Gasteiger partial charge in [-0.1, -0.05) is 0 Å². The Morgan fingerprint density at radius 2 is 2.11 bits per heavy atom. The molecule has 0 atom stereocenters. The lowest BCUT2D eigenvalue weighted by molar-refractivity contribution is 0.0696. The molecule has 3 N–H and O–H groups in total. The SMILES string of the molecule is Cc1cc(-n2cc(C(N)=O)cn2)c(C(=O)O)cn1. The average Bonchev–Trinajstić information content (AvgIpc) is 2.77. The molecule has 18 heavy (non-hydrogen) atoms. The van der Waals surface area contributed by atoms with Crippen LogP contribution in [0, 0.1) is 6.92 Å². The van der Waals surface area contributed by atoms with Crippen molar-refractivity contribution >= 4 is 11.9 Å². The van der Waals surface area contributed by atoms with E-state index < -0.39 is 11.9 Å². The molecule has 2 aromatic heterocycles. The van der Waals surface area contributed by atoms with Crippen LogP contribution in [0.3, 0.4) is 0 Å². The number of aromatic carboxylic acids is 1. The summed E-state index contributed by atoms with van der Waals surface area (Å²) in [7, 11) is 0. The monoisotopic (exact) mass is 246 g/mol. The number of carbonyl (C=O) groups excluding carboxylic acids is 1. The lowest BCUT2D eigenvalue weighted by atomic mass is 10.2. The quantitative estimate of drug-likeness (QED) is 0.812. The maximum atomic E-state index is 11.1. The van der Waals surface area contributed by atoms with Gasteiger partial charge in [-0.2, -0.15) is 5.10 Å². The molecule has 0 spiro atoms. The van der Waals surface area contributed by atoms with Gasteiger partial charge in [-0.15, -0.1) is 0 Å². The number of hydrogen-bond acceptors (Lipinski definition) is 4. The summed E-state index contributed by atoms with van der Waals surface area (Å²) in [6.45, 7) is 1.73. The van der Waals surface area contributed by atoms with Gasteiger partial charge in [-0.25, -0.2) is 9.48 Å². The molecule has 2 aromatic rings. The number of aryl methyl sites for hydroxylation is 1. The summed E-state index contributed by atoms with van der Waals surface area (Å²) >= 11 is 0. The smallest absolute Gasteiger partial charge is 0.339 e. The van der Waals surface area contributed by atoms with Crippen molar-refractivity contribution in [3.8, 4) is 5.69 Å². The lowest BCUT2D eigenvalue weighted by Crippen LogP contribution is -2.10. The fraction of sp³-hybridized carbons (Fsp3) is 0.0909. The van der Waals surface area contributed by atoms with Gasteiger partial charge < -0.3 is 10.8 Å². The van der Waals surface area contributed by atoms with E-state index in [2.05, 4.69) is 10.1 Å². The first kappa shape index (κ1) is 11.8. The van der Waals surface area contributed by atoms with Crippen molar-refractivity contribution in [2.75, 3.05) is 0 Å². The molecule has 0 saturated heterocycles. The Morgan fingerprint density at radius 3 is 2.67 bits per heavy atom. The van der Waals surface area contributed by atoms with Crippen LogP contribution in [-0.2, 0) is 0 Å². The van der Waals surface area contributed by atoms with Crippen LogP contribution in [0.2, 0.25) is 0 Å². The molecule has 0 fully saturated rings. The van der Waals surface area contributed by atoms with Crippen LogP contribution in [0.25, 0.3) is 5.69 Å². The highest BCUT2D eigenvalue weighted by Gasteiger charge is 2.14. The third-order valence-electron chi connectivity index (χ3n) is 2.36. The number of carboxylic acid groups (broad SMARTS) is 1. The molecule has 0 unspecified atom stereocenters. The zero-order valence-corrected chi connectivity index (χ0v) is 9.49. The first-order chi connectivity index (χ1) is 8.49. The first-order valence-corrected chi connectivity index (χ1v) is 5.04. The van der Waals surface area contributed by atoms with E-state index in [0.717, 1.165) is 0 Å². The molecular formula is C11H10N4O3. The van der Waals surface area contributed by atoms with Crippen LogP contribution in [0.5, 0.6) is 0 Å². The summed E-state index contributed by atoms with van der Waals surface area (Å²) in [6.07, 6.45) is 3.91. The number of amides is 1. The van der Waals surface area contributed by atoms with E-state index in [9.17, 15) is 9.59 Å². The first-order valence-electron chi connectivity index (χ1n) is 5.04. The molecule has 0 aliphatic heterocycles. The number of carbonyl (C=O) groups is 2. The van der Waals surface area contributed by atoms with E-state index in [1.54, 1.807) is 13.0 Å². The second-order valence-corrected chi connectivity index (χ2v) is 3.69. The number of nitrogens with zero attached hydrogens (tertiary/aromatic N) is 3. The van der Waals surface area contributed by atoms with E-state index in [-0.39, 0.29) is 11.1 Å². The minimum atomic E-state index is -1.12. The van der Waals surface area contributed by atoms with Gasteiger partial charge in [0.05, 0.1) is 17.4 Å². The summed E-state index contributed by atoms with van der Waals surface area (Å²) in [5.41, 5.74) is 6.30. The summed E-state index contributed by atoms with van der Waals surface area (Å²) in [6, 6.07) is 1.57. The van der Waals surface area contributed by atoms with Gasteiger partial charge in [0.2, 0.25) is 0 Å². The molecule has 92 valence electrons. The Kier molecular flexibility index (Phi) is 2.80. The lowest BCUT2D eigenvalue weighted by Gasteiger charge is -2.06. The molecule has 0 radical (unpaired) electrons. The minimum absolute atomic E-state index is 0.000259. The summed E-state index contributed by atoms with van der Waals surface area (Å²) in [5.74, 6) is -1.74. The van der Waals surface area contributed by atoms with Gasteiger partial charge in [0.25, 0.3) is 5.91 Å². The number of pyridine rings is 1. The van der Waals surface area contributed by atoms with E-state index in [1.165, 1.54) is 23.3 Å². The molecule has 2 heterocycles. The third-order valence-corrected chi connectivity index (χ3v) is 2.36. The maximum absolute atomic E-state index is 11.1. The van der Waals surface area contributed by atoms with Crippen LogP contribution in [0.15, 0.2) is 24.7 Å². The average molecular weight is 246 g/mol. The number of hydrogen-bond donors (Lipinski definition) is 2. The Hall–Kier alpha value is -2.70. The number of aromatic nitrogens is 3. The summed E-state index contributed by atoms with van der Waals surface area (Å²) in [5, 5.41) is 13.0. The Balaban J connectivity index is 2.57. The number of rotatable bonds is 3. The van der Waals surface area contributed by atoms with Crippen molar-refractivity contribution < 1.29 is 14.7 Å². The van der Waals surface area contributed by atoms with Crippen molar-refractivity contribution in [2.24, 2.45) is 5.73 Å². The van der Waals surface area contributed by atoms with Gasteiger partial charge in [0.15, 0.2) is 0 Å². The predicted octanol–water partition coefficient (Wildman–Crippen LogP) is 0.373.